The summed E-state index contributed by atoms with van der Waals surface area (Å²) >= 11 is 0. The zero-order valence-electron chi connectivity index (χ0n) is 15.5. The Bertz CT molecular complexity index is 794. The monoisotopic (exact) mass is 350 g/mol. The van der Waals surface area contributed by atoms with Gasteiger partial charge >= 0.3 is 0 Å². The van der Waals surface area contributed by atoms with Crippen LogP contribution in [0.1, 0.15) is 38.7 Å². The van der Waals surface area contributed by atoms with Gasteiger partial charge in [0.1, 0.15) is 5.82 Å². The minimum atomic E-state index is 0.150. The summed E-state index contributed by atoms with van der Waals surface area (Å²) in [5.41, 5.74) is 4.43. The standard InChI is InChI=1S/C21H26N4O/c1-15(2)25-19-13-20(22-14-16(19)5-10-21(25)26)23-17-6-8-18(9-7-17)24-11-3-4-12-24/h6-9,13-15H,3-5,10-12H2,1-2H3,(H,22,23). The fraction of sp³-hybridized carbons (Fsp3) is 0.429. The Balaban J connectivity index is 1.54. The van der Waals surface area contributed by atoms with E-state index in [0.717, 1.165) is 42.3 Å². The zero-order valence-corrected chi connectivity index (χ0v) is 15.5. The average Bonchev–Trinajstić information content (AvgIpc) is 3.16. The lowest BCUT2D eigenvalue weighted by Gasteiger charge is -2.32. The van der Waals surface area contributed by atoms with Crippen LogP contribution in [-0.2, 0) is 11.2 Å². The largest absolute Gasteiger partial charge is 0.372 e. The Hall–Kier alpha value is -2.56. The Labute approximate surface area is 155 Å². The smallest absolute Gasteiger partial charge is 0.227 e. The van der Waals surface area contributed by atoms with E-state index in [0.29, 0.717) is 6.42 Å². The van der Waals surface area contributed by atoms with E-state index < -0.39 is 0 Å². The topological polar surface area (TPSA) is 48.5 Å². The lowest BCUT2D eigenvalue weighted by atomic mass is 10.0. The number of aromatic nitrogens is 1. The molecule has 2 aliphatic heterocycles. The van der Waals surface area contributed by atoms with Crippen molar-refractivity contribution in [1.29, 1.82) is 0 Å². The molecule has 0 radical (unpaired) electrons. The highest BCUT2D eigenvalue weighted by atomic mass is 16.2. The van der Waals surface area contributed by atoms with Gasteiger partial charge in [-0.05, 0) is 62.9 Å². The van der Waals surface area contributed by atoms with Gasteiger partial charge in [-0.3, -0.25) is 4.79 Å². The molecule has 0 saturated carbocycles. The molecule has 1 aromatic heterocycles. The Morgan fingerprint density at radius 3 is 2.50 bits per heavy atom. The van der Waals surface area contributed by atoms with Crippen LogP contribution in [0.15, 0.2) is 36.5 Å². The quantitative estimate of drug-likeness (QED) is 0.901. The van der Waals surface area contributed by atoms with Crippen molar-refractivity contribution in [2.24, 2.45) is 0 Å². The predicted octanol–water partition coefficient (Wildman–Crippen LogP) is 4.11. The molecule has 26 heavy (non-hydrogen) atoms. The third kappa shape index (κ3) is 3.26. The maximum Gasteiger partial charge on any atom is 0.227 e. The van der Waals surface area contributed by atoms with Crippen LogP contribution in [0.5, 0.6) is 0 Å². The van der Waals surface area contributed by atoms with Crippen LogP contribution in [-0.4, -0.2) is 30.0 Å². The molecule has 0 bridgehead atoms. The van der Waals surface area contributed by atoms with Crippen molar-refractivity contribution in [2.75, 3.05) is 28.2 Å². The van der Waals surface area contributed by atoms with Crippen molar-refractivity contribution in [2.45, 2.75) is 45.6 Å². The number of hydrogen-bond acceptors (Lipinski definition) is 4. The lowest BCUT2D eigenvalue weighted by molar-refractivity contribution is -0.119. The Morgan fingerprint density at radius 2 is 1.81 bits per heavy atom. The normalized spacial score (nSPS) is 17.0. The van der Waals surface area contributed by atoms with E-state index in [9.17, 15) is 4.79 Å². The summed E-state index contributed by atoms with van der Waals surface area (Å²) < 4.78 is 0. The summed E-state index contributed by atoms with van der Waals surface area (Å²) in [5, 5.41) is 3.38. The van der Waals surface area contributed by atoms with Crippen molar-refractivity contribution >= 4 is 28.8 Å². The summed E-state index contributed by atoms with van der Waals surface area (Å²) in [6.07, 6.45) is 5.80. The second-order valence-electron chi connectivity index (χ2n) is 7.42. The fourth-order valence-corrected chi connectivity index (χ4v) is 3.90. The number of anilines is 4. The average molecular weight is 350 g/mol. The number of benzene rings is 1. The molecule has 1 fully saturated rings. The zero-order chi connectivity index (χ0) is 18.1. The van der Waals surface area contributed by atoms with Crippen LogP contribution in [0.4, 0.5) is 22.9 Å². The molecular weight excluding hydrogens is 324 g/mol. The Kier molecular flexibility index (Phi) is 4.53. The third-order valence-electron chi connectivity index (χ3n) is 5.23. The van der Waals surface area contributed by atoms with Gasteiger partial charge in [0.05, 0.1) is 5.69 Å². The molecule has 1 aromatic carbocycles. The molecule has 0 atom stereocenters. The number of carbonyl (C=O) groups excluding carboxylic acids is 1. The first-order valence-corrected chi connectivity index (χ1v) is 9.55. The van der Waals surface area contributed by atoms with Crippen LogP contribution >= 0.6 is 0 Å². The van der Waals surface area contributed by atoms with Crippen LogP contribution < -0.4 is 15.1 Å². The van der Waals surface area contributed by atoms with Crippen LogP contribution in [0.25, 0.3) is 0 Å². The molecule has 5 heteroatoms. The van der Waals surface area contributed by atoms with Gasteiger partial charge in [0.25, 0.3) is 0 Å². The van der Waals surface area contributed by atoms with Gasteiger partial charge in [-0.2, -0.15) is 0 Å². The number of carbonyl (C=O) groups is 1. The van der Waals surface area contributed by atoms with Crippen LogP contribution in [0.2, 0.25) is 0 Å². The number of amides is 1. The van der Waals surface area contributed by atoms with Crippen molar-refractivity contribution in [3.8, 4) is 0 Å². The number of nitrogens with one attached hydrogen (secondary N) is 1. The number of nitrogens with zero attached hydrogens (tertiary/aromatic N) is 3. The minimum absolute atomic E-state index is 0.150. The highest BCUT2D eigenvalue weighted by Crippen LogP contribution is 2.32. The van der Waals surface area contributed by atoms with Crippen molar-refractivity contribution in [3.63, 3.8) is 0 Å². The molecular formula is C21H26N4O. The molecule has 1 N–H and O–H groups in total. The van der Waals surface area contributed by atoms with E-state index in [1.165, 1.54) is 18.5 Å². The molecule has 4 rings (SSSR count). The summed E-state index contributed by atoms with van der Waals surface area (Å²) in [7, 11) is 0. The first-order chi connectivity index (χ1) is 12.6. The molecule has 0 aliphatic carbocycles. The highest BCUT2D eigenvalue weighted by molar-refractivity contribution is 5.97. The second-order valence-corrected chi connectivity index (χ2v) is 7.42. The molecule has 1 saturated heterocycles. The van der Waals surface area contributed by atoms with Gasteiger partial charge in [0.15, 0.2) is 0 Å². The van der Waals surface area contributed by atoms with E-state index in [-0.39, 0.29) is 11.9 Å². The number of aryl methyl sites for hydroxylation is 1. The molecule has 3 heterocycles. The van der Waals surface area contributed by atoms with Gasteiger partial charge in [0, 0.05) is 49.2 Å². The van der Waals surface area contributed by atoms with Gasteiger partial charge < -0.3 is 15.1 Å². The molecule has 2 aliphatic rings. The molecule has 2 aromatic rings. The molecule has 136 valence electrons. The first kappa shape index (κ1) is 16.9. The predicted molar refractivity (Wildman–Crippen MR) is 106 cm³/mol. The number of hydrogen-bond donors (Lipinski definition) is 1. The number of rotatable bonds is 4. The number of pyridine rings is 1. The summed E-state index contributed by atoms with van der Waals surface area (Å²) in [6, 6.07) is 10.7. The molecule has 1 amide bonds. The summed E-state index contributed by atoms with van der Waals surface area (Å²) in [6.45, 7) is 6.41. The third-order valence-corrected chi connectivity index (χ3v) is 5.23. The van der Waals surface area contributed by atoms with Crippen molar-refractivity contribution < 1.29 is 4.79 Å². The molecule has 5 nitrogen and oxygen atoms in total. The van der Waals surface area contributed by atoms with Gasteiger partial charge in [-0.15, -0.1) is 0 Å². The highest BCUT2D eigenvalue weighted by Gasteiger charge is 2.26. The lowest BCUT2D eigenvalue weighted by Crippen LogP contribution is -2.40. The second kappa shape index (κ2) is 6.98. The SMILES string of the molecule is CC(C)N1C(=O)CCc2cnc(Nc3ccc(N4CCCC4)cc3)cc21. The van der Waals surface area contributed by atoms with Gasteiger partial charge in [0.2, 0.25) is 5.91 Å². The minimum Gasteiger partial charge on any atom is -0.372 e. The maximum absolute atomic E-state index is 12.3. The van der Waals surface area contributed by atoms with E-state index in [1.807, 2.05) is 17.2 Å². The van der Waals surface area contributed by atoms with E-state index in [1.54, 1.807) is 0 Å². The van der Waals surface area contributed by atoms with Crippen LogP contribution in [0, 0.1) is 0 Å². The van der Waals surface area contributed by atoms with Crippen molar-refractivity contribution in [1.82, 2.24) is 4.98 Å². The van der Waals surface area contributed by atoms with Gasteiger partial charge in [-0.25, -0.2) is 4.98 Å². The van der Waals surface area contributed by atoms with Crippen molar-refractivity contribution in [3.05, 3.63) is 42.1 Å². The maximum atomic E-state index is 12.3. The fourth-order valence-electron chi connectivity index (χ4n) is 3.90. The Morgan fingerprint density at radius 1 is 1.08 bits per heavy atom. The van der Waals surface area contributed by atoms with E-state index >= 15 is 0 Å². The van der Waals surface area contributed by atoms with E-state index in [2.05, 4.69) is 53.3 Å². The molecule has 0 unspecified atom stereocenters. The number of fused-ring (bicyclic) bond motifs is 1. The van der Waals surface area contributed by atoms with E-state index in [4.69, 9.17) is 0 Å². The summed E-state index contributed by atoms with van der Waals surface area (Å²) in [5.74, 6) is 0.970. The van der Waals surface area contributed by atoms with Gasteiger partial charge in [-0.1, -0.05) is 0 Å². The summed E-state index contributed by atoms with van der Waals surface area (Å²) in [4.78, 5) is 21.2. The van der Waals surface area contributed by atoms with Crippen LogP contribution in [0.3, 0.4) is 0 Å². The first-order valence-electron chi connectivity index (χ1n) is 9.55. The molecule has 0 spiro atoms.